The molecule has 2 rings (SSSR count). The maximum Gasteiger partial charge on any atom is 0.309 e. The smallest absolute Gasteiger partial charge is 0.309 e. The van der Waals surface area contributed by atoms with Gasteiger partial charge >= 0.3 is 5.97 Å². The van der Waals surface area contributed by atoms with Crippen LogP contribution in [0.3, 0.4) is 0 Å². The number of nitrogens with zero attached hydrogens (tertiary/aromatic N) is 1. The Labute approximate surface area is 116 Å². The Kier molecular flexibility index (Phi) is 3.74. The van der Waals surface area contributed by atoms with Crippen LogP contribution in [0.15, 0.2) is 24.3 Å². The van der Waals surface area contributed by atoms with Crippen molar-refractivity contribution < 1.29 is 14.7 Å². The van der Waals surface area contributed by atoms with Crippen molar-refractivity contribution in [2.75, 3.05) is 6.54 Å². The molecule has 0 aliphatic carbocycles. The molecule has 3 N–H and O–H groups in total. The number of benzene rings is 1. The Morgan fingerprint density at radius 3 is 2.75 bits per heavy atom. The van der Waals surface area contributed by atoms with Gasteiger partial charge in [-0.05, 0) is 26.3 Å². The Hall–Kier alpha value is -2.37. The van der Waals surface area contributed by atoms with Crippen molar-refractivity contribution in [3.8, 4) is 0 Å². The van der Waals surface area contributed by atoms with Gasteiger partial charge in [0.2, 0.25) is 0 Å². The number of carboxylic acid groups (broad SMARTS) is 1. The first-order chi connectivity index (χ1) is 9.42. The zero-order chi connectivity index (χ0) is 14.8. The zero-order valence-electron chi connectivity index (χ0n) is 11.4. The van der Waals surface area contributed by atoms with Crippen LogP contribution in [0.5, 0.6) is 0 Å². The van der Waals surface area contributed by atoms with Gasteiger partial charge in [-0.25, -0.2) is 0 Å². The molecule has 0 fully saturated rings. The van der Waals surface area contributed by atoms with Crippen molar-refractivity contribution in [3.63, 3.8) is 0 Å². The minimum absolute atomic E-state index is 0.291. The van der Waals surface area contributed by atoms with E-state index in [0.29, 0.717) is 18.7 Å². The van der Waals surface area contributed by atoms with Crippen LogP contribution < -0.4 is 5.32 Å². The van der Waals surface area contributed by atoms with E-state index in [2.05, 4.69) is 15.5 Å². The molecular formula is C14H17N3O3. The number of hydrogen-bond donors (Lipinski definition) is 3. The number of fused-ring (bicyclic) bond motifs is 1. The third-order valence-electron chi connectivity index (χ3n) is 3.30. The number of carbonyl (C=O) groups is 2. The van der Waals surface area contributed by atoms with Gasteiger partial charge in [0, 0.05) is 11.9 Å². The largest absolute Gasteiger partial charge is 0.481 e. The molecule has 0 saturated heterocycles. The number of hydrogen-bond acceptors (Lipinski definition) is 3. The summed E-state index contributed by atoms with van der Waals surface area (Å²) >= 11 is 0. The van der Waals surface area contributed by atoms with Crippen molar-refractivity contribution in [3.05, 3.63) is 30.0 Å². The average molecular weight is 275 g/mol. The summed E-state index contributed by atoms with van der Waals surface area (Å²) in [5.74, 6) is -1.18. The highest BCUT2D eigenvalue weighted by Gasteiger charge is 2.26. The number of amides is 1. The van der Waals surface area contributed by atoms with E-state index in [9.17, 15) is 9.59 Å². The molecule has 0 aliphatic rings. The zero-order valence-corrected chi connectivity index (χ0v) is 11.4. The van der Waals surface area contributed by atoms with Gasteiger partial charge in [-0.2, -0.15) is 5.10 Å². The molecule has 1 amide bonds. The number of carbonyl (C=O) groups excluding carboxylic acids is 1. The lowest BCUT2D eigenvalue weighted by Crippen LogP contribution is -2.32. The number of aliphatic carboxylic acids is 1. The second-order valence-corrected chi connectivity index (χ2v) is 5.31. The SMILES string of the molecule is CC(C)(CCNC(=O)c1n[nH]c2ccccc12)C(=O)O. The quantitative estimate of drug-likeness (QED) is 0.775. The van der Waals surface area contributed by atoms with Gasteiger partial charge in [-0.1, -0.05) is 18.2 Å². The molecule has 0 radical (unpaired) electrons. The van der Waals surface area contributed by atoms with E-state index in [1.165, 1.54) is 0 Å². The summed E-state index contributed by atoms with van der Waals surface area (Å²) in [6, 6.07) is 7.35. The average Bonchev–Trinajstić information content (AvgIpc) is 2.82. The summed E-state index contributed by atoms with van der Waals surface area (Å²) in [6.07, 6.45) is 0.358. The lowest BCUT2D eigenvalue weighted by molar-refractivity contribution is -0.147. The fourth-order valence-electron chi connectivity index (χ4n) is 1.82. The van der Waals surface area contributed by atoms with Gasteiger partial charge in [-0.3, -0.25) is 14.7 Å². The van der Waals surface area contributed by atoms with Crippen molar-refractivity contribution in [2.24, 2.45) is 5.41 Å². The lowest BCUT2D eigenvalue weighted by Gasteiger charge is -2.18. The minimum atomic E-state index is -0.878. The Balaban J connectivity index is 2.01. The van der Waals surface area contributed by atoms with Crippen LogP contribution in [0, 0.1) is 5.41 Å². The van der Waals surface area contributed by atoms with E-state index in [-0.39, 0.29) is 5.91 Å². The number of H-pyrrole nitrogens is 1. The van der Waals surface area contributed by atoms with Crippen molar-refractivity contribution in [2.45, 2.75) is 20.3 Å². The standard InChI is InChI=1S/C14H17N3O3/c1-14(2,13(19)20)7-8-15-12(18)11-9-5-3-4-6-10(9)16-17-11/h3-6H,7-8H2,1-2H3,(H,15,18)(H,16,17)(H,19,20). The summed E-state index contributed by atoms with van der Waals surface area (Å²) in [5.41, 5.74) is 0.262. The van der Waals surface area contributed by atoms with Crippen LogP contribution in [-0.4, -0.2) is 33.7 Å². The maximum absolute atomic E-state index is 12.0. The first kappa shape index (κ1) is 14.0. The van der Waals surface area contributed by atoms with E-state index < -0.39 is 11.4 Å². The van der Waals surface area contributed by atoms with Gasteiger partial charge < -0.3 is 10.4 Å². The summed E-state index contributed by atoms with van der Waals surface area (Å²) in [6.45, 7) is 3.55. The number of nitrogens with one attached hydrogen (secondary N) is 2. The van der Waals surface area contributed by atoms with Crippen LogP contribution in [0.2, 0.25) is 0 Å². The van der Waals surface area contributed by atoms with E-state index in [0.717, 1.165) is 10.9 Å². The molecule has 1 aromatic carbocycles. The predicted molar refractivity (Wildman–Crippen MR) is 74.5 cm³/mol. The van der Waals surface area contributed by atoms with Crippen LogP contribution in [0.1, 0.15) is 30.8 Å². The molecule has 106 valence electrons. The van der Waals surface area contributed by atoms with E-state index in [4.69, 9.17) is 5.11 Å². The molecule has 0 saturated carbocycles. The third-order valence-corrected chi connectivity index (χ3v) is 3.30. The number of aromatic amines is 1. The van der Waals surface area contributed by atoms with Crippen molar-refractivity contribution in [1.29, 1.82) is 0 Å². The van der Waals surface area contributed by atoms with Crippen molar-refractivity contribution >= 4 is 22.8 Å². The van der Waals surface area contributed by atoms with E-state index in [1.807, 2.05) is 24.3 Å². The van der Waals surface area contributed by atoms with Crippen LogP contribution >= 0.6 is 0 Å². The van der Waals surface area contributed by atoms with Crippen LogP contribution in [0.4, 0.5) is 0 Å². The lowest BCUT2D eigenvalue weighted by atomic mass is 9.90. The Morgan fingerprint density at radius 1 is 1.35 bits per heavy atom. The molecule has 6 heteroatoms. The molecule has 6 nitrogen and oxygen atoms in total. The van der Waals surface area contributed by atoms with Crippen LogP contribution in [0.25, 0.3) is 10.9 Å². The van der Waals surface area contributed by atoms with Gasteiger partial charge in [-0.15, -0.1) is 0 Å². The van der Waals surface area contributed by atoms with Crippen LogP contribution in [-0.2, 0) is 4.79 Å². The summed E-state index contributed by atoms with van der Waals surface area (Å²) < 4.78 is 0. The summed E-state index contributed by atoms with van der Waals surface area (Å²) in [4.78, 5) is 23.0. The highest BCUT2D eigenvalue weighted by Crippen LogP contribution is 2.19. The molecule has 1 aromatic heterocycles. The highest BCUT2D eigenvalue weighted by molar-refractivity contribution is 6.04. The normalized spacial score (nSPS) is 11.5. The number of carboxylic acids is 1. The first-order valence-electron chi connectivity index (χ1n) is 6.36. The van der Waals surface area contributed by atoms with E-state index >= 15 is 0 Å². The molecular weight excluding hydrogens is 258 g/mol. The predicted octanol–water partition coefficient (Wildman–Crippen LogP) is 1.79. The molecule has 0 bridgehead atoms. The number of aromatic nitrogens is 2. The summed E-state index contributed by atoms with van der Waals surface area (Å²) in [5, 5.41) is 19.2. The molecule has 0 atom stereocenters. The maximum atomic E-state index is 12.0. The monoisotopic (exact) mass is 275 g/mol. The fraction of sp³-hybridized carbons (Fsp3) is 0.357. The van der Waals surface area contributed by atoms with E-state index in [1.54, 1.807) is 13.8 Å². The molecule has 20 heavy (non-hydrogen) atoms. The molecule has 2 aromatic rings. The Morgan fingerprint density at radius 2 is 2.05 bits per heavy atom. The third kappa shape index (κ3) is 2.79. The second-order valence-electron chi connectivity index (χ2n) is 5.31. The number of para-hydroxylation sites is 1. The second kappa shape index (κ2) is 5.32. The Bertz CT molecular complexity index is 646. The molecule has 0 unspecified atom stereocenters. The number of rotatable bonds is 5. The van der Waals surface area contributed by atoms with Gasteiger partial charge in [0.25, 0.3) is 5.91 Å². The molecule has 1 heterocycles. The first-order valence-corrected chi connectivity index (χ1v) is 6.36. The topological polar surface area (TPSA) is 95.1 Å². The van der Waals surface area contributed by atoms with Gasteiger partial charge in [0.1, 0.15) is 0 Å². The van der Waals surface area contributed by atoms with Gasteiger partial charge in [0.05, 0.1) is 10.9 Å². The molecule has 0 spiro atoms. The summed E-state index contributed by atoms with van der Waals surface area (Å²) in [7, 11) is 0. The van der Waals surface area contributed by atoms with Crippen molar-refractivity contribution in [1.82, 2.24) is 15.5 Å². The fourth-order valence-corrected chi connectivity index (χ4v) is 1.82. The van der Waals surface area contributed by atoms with Gasteiger partial charge in [0.15, 0.2) is 5.69 Å². The highest BCUT2D eigenvalue weighted by atomic mass is 16.4. The molecule has 0 aliphatic heterocycles. The minimum Gasteiger partial charge on any atom is -0.481 e.